The fourth-order valence-electron chi connectivity index (χ4n) is 6.51. The molecule has 0 saturated carbocycles. The van der Waals surface area contributed by atoms with Crippen LogP contribution in [0.5, 0.6) is 0 Å². The monoisotopic (exact) mass is 693 g/mol. The minimum Gasteiger partial charge on any atom is -0.354 e. The summed E-state index contributed by atoms with van der Waals surface area (Å²) in [5.74, 6) is 5.17. The largest absolute Gasteiger partial charge is 0.354 e. The van der Waals surface area contributed by atoms with Gasteiger partial charge in [-0.05, 0) is 24.4 Å². The van der Waals surface area contributed by atoms with Gasteiger partial charge in [-0.15, -0.1) is 0 Å². The quantitative estimate of drug-likeness (QED) is 0.298. The Labute approximate surface area is 292 Å². The van der Waals surface area contributed by atoms with Crippen LogP contribution in [0.2, 0.25) is 5.28 Å². The average Bonchev–Trinajstić information content (AvgIpc) is 3.14. The molecule has 3 aromatic heterocycles. The number of aromatic nitrogens is 9. The summed E-state index contributed by atoms with van der Waals surface area (Å²) in [6.07, 6.45) is 6.78. The van der Waals surface area contributed by atoms with Crippen LogP contribution < -0.4 is 40.0 Å². The van der Waals surface area contributed by atoms with Crippen LogP contribution in [-0.4, -0.2) is 136 Å². The lowest BCUT2D eigenvalue weighted by Gasteiger charge is -2.36. The van der Waals surface area contributed by atoms with Crippen LogP contribution in [0, 0.1) is 0 Å². The van der Waals surface area contributed by atoms with E-state index < -0.39 is 0 Å². The molecule has 3 fully saturated rings. The number of piperazine rings is 3. The van der Waals surface area contributed by atoms with E-state index >= 15 is 0 Å². The van der Waals surface area contributed by atoms with E-state index in [0.717, 1.165) is 104 Å². The molecule has 10 heterocycles. The van der Waals surface area contributed by atoms with Gasteiger partial charge in [0.1, 0.15) is 0 Å². The van der Waals surface area contributed by atoms with E-state index in [4.69, 9.17) is 46.5 Å². The van der Waals surface area contributed by atoms with E-state index in [9.17, 15) is 0 Å². The first-order valence-corrected chi connectivity index (χ1v) is 18.3. The molecule has 264 valence electrons. The van der Waals surface area contributed by atoms with Gasteiger partial charge in [0.2, 0.25) is 52.9 Å². The molecule has 0 aromatic carbocycles. The number of fused-ring (bicyclic) bond motifs is 3. The van der Waals surface area contributed by atoms with E-state index in [1.807, 2.05) is 0 Å². The fourth-order valence-corrected chi connectivity index (χ4v) is 6.66. The molecule has 7 aliphatic heterocycles. The minimum atomic E-state index is 0.198. The van der Waals surface area contributed by atoms with E-state index in [1.165, 1.54) is 0 Å². The first-order chi connectivity index (χ1) is 24.1. The van der Waals surface area contributed by atoms with E-state index in [-0.39, 0.29) is 5.28 Å². The summed E-state index contributed by atoms with van der Waals surface area (Å²) < 4.78 is 0. The average molecular weight is 694 g/mol. The van der Waals surface area contributed by atoms with E-state index in [0.29, 0.717) is 73.8 Å². The van der Waals surface area contributed by atoms with Crippen molar-refractivity contribution in [3.8, 4) is 0 Å². The summed E-state index contributed by atoms with van der Waals surface area (Å²) >= 11 is 6.49. The zero-order chi connectivity index (χ0) is 33.6. The van der Waals surface area contributed by atoms with Crippen LogP contribution >= 0.6 is 11.6 Å². The Morgan fingerprint density at radius 3 is 0.939 bits per heavy atom. The van der Waals surface area contributed by atoms with Gasteiger partial charge in [-0.2, -0.15) is 44.9 Å². The summed E-state index contributed by atoms with van der Waals surface area (Å²) in [5, 5.41) is 7.14. The van der Waals surface area contributed by atoms with Gasteiger partial charge in [0.15, 0.2) is 0 Å². The smallest absolute Gasteiger partial charge is 0.232 e. The third kappa shape index (κ3) is 7.97. The number of unbranched alkanes of at least 4 members (excludes halogenated alkanes) is 4. The molecule has 18 heteroatoms. The SMILES string of the molecule is CCCCCNc1nc2nc(n1)N1CCN(CC1)c1nc(NCCCCC)nc(n1)N1CCN(CC1)c1nc(Cl)nc(n1)N1CCN2CC1. The van der Waals surface area contributed by atoms with Crippen molar-refractivity contribution in [1.82, 2.24) is 44.9 Å². The molecule has 0 atom stereocenters. The zero-order valence-electron chi connectivity index (χ0n) is 28.7. The summed E-state index contributed by atoms with van der Waals surface area (Å²) in [5.41, 5.74) is 0. The molecule has 17 nitrogen and oxygen atoms in total. The van der Waals surface area contributed by atoms with Crippen molar-refractivity contribution in [3.63, 3.8) is 0 Å². The van der Waals surface area contributed by atoms with Crippen molar-refractivity contribution in [2.75, 3.05) is 132 Å². The van der Waals surface area contributed by atoms with Gasteiger partial charge in [-0.3, -0.25) is 0 Å². The standard InChI is InChI=1S/C31H48ClN17/c1-3-5-7-9-33-24-37-28-42-30(39-24)48-19-21-49(22-20-48)31-40-25(34-10-8-6-4-2)38-29(43-31)47-17-13-45(14-18-47)27-36-23(32)35-26(41-27)44-11-15-46(28)16-12-44/h3-22H2,1-2H3,(H,33,37,39,42)(H,34,38,40,43). The molecule has 0 radical (unpaired) electrons. The maximum absolute atomic E-state index is 6.49. The summed E-state index contributed by atoms with van der Waals surface area (Å²) in [7, 11) is 0. The van der Waals surface area contributed by atoms with Crippen LogP contribution in [0.4, 0.5) is 47.6 Å². The Balaban J connectivity index is 1.21. The lowest BCUT2D eigenvalue weighted by atomic mass is 10.2. The van der Waals surface area contributed by atoms with Crippen LogP contribution in [0.3, 0.4) is 0 Å². The van der Waals surface area contributed by atoms with Gasteiger partial charge in [0.25, 0.3) is 0 Å². The highest BCUT2D eigenvalue weighted by molar-refractivity contribution is 6.28. The number of hydrogen-bond acceptors (Lipinski definition) is 17. The molecule has 49 heavy (non-hydrogen) atoms. The highest BCUT2D eigenvalue weighted by Gasteiger charge is 2.29. The van der Waals surface area contributed by atoms with Gasteiger partial charge >= 0.3 is 0 Å². The third-order valence-electron chi connectivity index (χ3n) is 9.47. The highest BCUT2D eigenvalue weighted by Crippen LogP contribution is 2.26. The lowest BCUT2D eigenvalue weighted by molar-refractivity contribution is 0.612. The predicted octanol–water partition coefficient (Wildman–Crippen LogP) is 2.39. The molecule has 0 aliphatic carbocycles. The van der Waals surface area contributed by atoms with Crippen LogP contribution in [0.15, 0.2) is 0 Å². The fraction of sp³-hybridized carbons (Fsp3) is 0.710. The van der Waals surface area contributed by atoms with Crippen molar-refractivity contribution in [2.45, 2.75) is 52.4 Å². The Hall–Kier alpha value is -4.28. The Kier molecular flexibility index (Phi) is 10.5. The second-order valence-corrected chi connectivity index (χ2v) is 13.3. The highest BCUT2D eigenvalue weighted by atomic mass is 35.5. The van der Waals surface area contributed by atoms with E-state index in [2.05, 4.69) is 63.8 Å². The lowest BCUT2D eigenvalue weighted by Crippen LogP contribution is -2.49. The molecule has 3 aromatic rings. The normalized spacial score (nSPS) is 17.5. The van der Waals surface area contributed by atoms with Gasteiger partial charge in [0, 0.05) is 91.6 Å². The van der Waals surface area contributed by atoms with Crippen LogP contribution in [-0.2, 0) is 0 Å². The number of nitrogens with one attached hydrogen (secondary N) is 2. The number of halogens is 1. The number of rotatable bonds is 10. The second kappa shape index (κ2) is 15.5. The number of nitrogens with zero attached hydrogens (tertiary/aromatic N) is 15. The predicted molar refractivity (Wildman–Crippen MR) is 194 cm³/mol. The second-order valence-electron chi connectivity index (χ2n) is 12.9. The maximum atomic E-state index is 6.49. The molecule has 0 unspecified atom stereocenters. The van der Waals surface area contributed by atoms with Crippen molar-refractivity contribution in [3.05, 3.63) is 5.28 Å². The first kappa shape index (κ1) is 33.2. The van der Waals surface area contributed by atoms with Gasteiger partial charge in [0.05, 0.1) is 0 Å². The molecule has 7 aliphatic rings. The van der Waals surface area contributed by atoms with Crippen LogP contribution in [0.25, 0.3) is 0 Å². The zero-order valence-corrected chi connectivity index (χ0v) is 29.5. The number of anilines is 8. The van der Waals surface area contributed by atoms with E-state index in [1.54, 1.807) is 0 Å². The van der Waals surface area contributed by atoms with Crippen LogP contribution in [0.1, 0.15) is 52.4 Å². The molecular formula is C31H48ClN17. The molecule has 12 bridgehead atoms. The Bertz CT molecular complexity index is 1430. The molecule has 0 spiro atoms. The Morgan fingerprint density at radius 1 is 0.408 bits per heavy atom. The summed E-state index contributed by atoms with van der Waals surface area (Å²) in [6.45, 7) is 14.8. The van der Waals surface area contributed by atoms with Crippen molar-refractivity contribution in [1.29, 1.82) is 0 Å². The maximum Gasteiger partial charge on any atom is 0.232 e. The summed E-state index contributed by atoms with van der Waals surface area (Å²) in [4.78, 5) is 56.8. The van der Waals surface area contributed by atoms with Crippen molar-refractivity contribution >= 4 is 59.2 Å². The van der Waals surface area contributed by atoms with Crippen molar-refractivity contribution in [2.24, 2.45) is 0 Å². The molecule has 10 rings (SSSR count). The van der Waals surface area contributed by atoms with Gasteiger partial charge in [-0.25, -0.2) is 0 Å². The third-order valence-corrected chi connectivity index (χ3v) is 9.64. The topological polar surface area (TPSA) is 160 Å². The molecule has 2 N–H and O–H groups in total. The minimum absolute atomic E-state index is 0.198. The van der Waals surface area contributed by atoms with Crippen molar-refractivity contribution < 1.29 is 0 Å². The van der Waals surface area contributed by atoms with Gasteiger partial charge < -0.3 is 40.0 Å². The molecular weight excluding hydrogens is 646 g/mol. The summed E-state index contributed by atoms with van der Waals surface area (Å²) in [6, 6.07) is 0. The molecule has 0 amide bonds. The Morgan fingerprint density at radius 2 is 0.673 bits per heavy atom. The molecule has 3 saturated heterocycles. The first-order valence-electron chi connectivity index (χ1n) is 18.0. The number of hydrogen-bond donors (Lipinski definition) is 2. The van der Waals surface area contributed by atoms with Gasteiger partial charge in [-0.1, -0.05) is 39.5 Å².